The molecule has 0 radical (unpaired) electrons. The summed E-state index contributed by atoms with van der Waals surface area (Å²) in [4.78, 5) is 0.0741. The predicted octanol–water partition coefficient (Wildman–Crippen LogP) is 2.60. The van der Waals surface area contributed by atoms with Crippen molar-refractivity contribution in [3.63, 3.8) is 0 Å². The summed E-state index contributed by atoms with van der Waals surface area (Å²) in [6, 6.07) is 3.20. The molecule has 17 heavy (non-hydrogen) atoms. The van der Waals surface area contributed by atoms with Gasteiger partial charge in [0, 0.05) is 22.5 Å². The number of anilines is 1. The fourth-order valence-corrected chi connectivity index (χ4v) is 4.44. The number of hydrogen-bond donors (Lipinski definition) is 1. The second-order valence-corrected chi connectivity index (χ2v) is 7.13. The van der Waals surface area contributed by atoms with Gasteiger partial charge in [0.25, 0.3) is 0 Å². The zero-order valence-electron chi connectivity index (χ0n) is 9.15. The Kier molecular flexibility index (Phi) is 4.77. The maximum atomic E-state index is 12.2. The number of rotatable bonds is 4. The first-order chi connectivity index (χ1) is 7.80. The van der Waals surface area contributed by atoms with Gasteiger partial charge in [-0.2, -0.15) is 4.31 Å². The molecule has 0 aliphatic carbocycles. The van der Waals surface area contributed by atoms with E-state index in [0.29, 0.717) is 8.95 Å². The molecule has 0 saturated carbocycles. The Balaban J connectivity index is 3.39. The predicted molar refractivity (Wildman–Crippen MR) is 76.3 cm³/mol. The normalized spacial score (nSPS) is 11.8. The van der Waals surface area contributed by atoms with Crippen molar-refractivity contribution in [2.75, 3.05) is 19.3 Å². The van der Waals surface area contributed by atoms with Gasteiger partial charge in [-0.15, -0.1) is 6.58 Å². The number of halogens is 2. The molecule has 0 bridgehead atoms. The van der Waals surface area contributed by atoms with E-state index < -0.39 is 10.0 Å². The molecule has 1 aromatic rings. The average molecular weight is 384 g/mol. The number of nitrogens with two attached hydrogens (primary N) is 1. The second-order valence-electron chi connectivity index (χ2n) is 3.38. The Morgan fingerprint density at radius 2 is 2.06 bits per heavy atom. The van der Waals surface area contributed by atoms with Crippen molar-refractivity contribution in [3.05, 3.63) is 33.7 Å². The van der Waals surface area contributed by atoms with Crippen LogP contribution < -0.4 is 5.73 Å². The number of nitrogens with zero attached hydrogens (tertiary/aromatic N) is 1. The lowest BCUT2D eigenvalue weighted by Gasteiger charge is -2.18. The van der Waals surface area contributed by atoms with Crippen LogP contribution in [-0.2, 0) is 10.0 Å². The van der Waals surface area contributed by atoms with E-state index in [1.54, 1.807) is 12.1 Å². The Hall–Kier alpha value is -0.370. The standard InChI is InChI=1S/C10H12Br2N2O2S/c1-3-4-14(2)17(15,16)10-8(12)5-7(11)6-9(10)13/h3,5-6H,1,4,13H2,2H3. The van der Waals surface area contributed by atoms with Gasteiger partial charge in [-0.3, -0.25) is 0 Å². The van der Waals surface area contributed by atoms with E-state index in [0.717, 1.165) is 0 Å². The molecule has 4 nitrogen and oxygen atoms in total. The van der Waals surface area contributed by atoms with Crippen molar-refractivity contribution < 1.29 is 8.42 Å². The molecule has 0 aromatic heterocycles. The molecule has 7 heteroatoms. The summed E-state index contributed by atoms with van der Waals surface area (Å²) in [6.45, 7) is 3.74. The van der Waals surface area contributed by atoms with Crippen LogP contribution in [0.2, 0.25) is 0 Å². The van der Waals surface area contributed by atoms with Gasteiger partial charge >= 0.3 is 0 Å². The minimum atomic E-state index is -3.61. The minimum Gasteiger partial charge on any atom is -0.398 e. The Morgan fingerprint density at radius 3 is 2.53 bits per heavy atom. The number of sulfonamides is 1. The van der Waals surface area contributed by atoms with Crippen LogP contribution in [-0.4, -0.2) is 26.3 Å². The number of hydrogen-bond acceptors (Lipinski definition) is 3. The second kappa shape index (κ2) is 5.51. The molecular formula is C10H12Br2N2O2S. The Morgan fingerprint density at radius 1 is 1.47 bits per heavy atom. The van der Waals surface area contributed by atoms with Gasteiger partial charge in [0.1, 0.15) is 4.90 Å². The van der Waals surface area contributed by atoms with Crippen LogP contribution >= 0.6 is 31.9 Å². The van der Waals surface area contributed by atoms with E-state index in [1.807, 2.05) is 0 Å². The van der Waals surface area contributed by atoms with Crippen LogP contribution in [0.25, 0.3) is 0 Å². The summed E-state index contributed by atoms with van der Waals surface area (Å²) in [5, 5.41) is 0. The molecule has 0 unspecified atom stereocenters. The van der Waals surface area contributed by atoms with Crippen molar-refractivity contribution in [2.45, 2.75) is 4.90 Å². The van der Waals surface area contributed by atoms with Crippen molar-refractivity contribution in [1.82, 2.24) is 4.31 Å². The highest BCUT2D eigenvalue weighted by Crippen LogP contribution is 2.33. The highest BCUT2D eigenvalue weighted by molar-refractivity contribution is 9.11. The number of benzene rings is 1. The summed E-state index contributed by atoms with van der Waals surface area (Å²) in [5.41, 5.74) is 5.95. The third-order valence-corrected chi connectivity index (χ3v) is 5.38. The van der Waals surface area contributed by atoms with E-state index in [2.05, 4.69) is 38.4 Å². The van der Waals surface area contributed by atoms with Crippen LogP contribution in [0.5, 0.6) is 0 Å². The van der Waals surface area contributed by atoms with Gasteiger partial charge < -0.3 is 5.73 Å². The van der Waals surface area contributed by atoms with Gasteiger partial charge in [0.2, 0.25) is 10.0 Å². The molecule has 94 valence electrons. The molecule has 1 aromatic carbocycles. The summed E-state index contributed by atoms with van der Waals surface area (Å²) in [5.74, 6) is 0. The van der Waals surface area contributed by atoms with E-state index >= 15 is 0 Å². The van der Waals surface area contributed by atoms with Crippen LogP contribution in [0.4, 0.5) is 5.69 Å². The highest BCUT2D eigenvalue weighted by atomic mass is 79.9. The lowest BCUT2D eigenvalue weighted by atomic mass is 10.3. The fraction of sp³-hybridized carbons (Fsp3) is 0.200. The van der Waals surface area contributed by atoms with Crippen LogP contribution in [0.1, 0.15) is 0 Å². The molecule has 0 aliphatic rings. The Labute approximate surface area is 118 Å². The third kappa shape index (κ3) is 3.09. The van der Waals surface area contributed by atoms with E-state index in [9.17, 15) is 8.42 Å². The highest BCUT2D eigenvalue weighted by Gasteiger charge is 2.25. The lowest BCUT2D eigenvalue weighted by Crippen LogP contribution is -2.28. The molecule has 0 amide bonds. The van der Waals surface area contributed by atoms with Gasteiger partial charge in [0.05, 0.1) is 5.69 Å². The van der Waals surface area contributed by atoms with E-state index in [-0.39, 0.29) is 17.1 Å². The zero-order valence-corrected chi connectivity index (χ0v) is 13.1. The molecule has 1 rings (SSSR count). The first-order valence-corrected chi connectivity index (χ1v) is 7.65. The van der Waals surface area contributed by atoms with Gasteiger partial charge in [-0.1, -0.05) is 22.0 Å². The largest absolute Gasteiger partial charge is 0.398 e. The van der Waals surface area contributed by atoms with Gasteiger partial charge in [0.15, 0.2) is 0 Å². The quantitative estimate of drug-likeness (QED) is 0.642. The van der Waals surface area contributed by atoms with Crippen LogP contribution in [0, 0.1) is 0 Å². The average Bonchev–Trinajstić information content (AvgIpc) is 2.15. The number of likely N-dealkylation sites (N-methyl/N-ethyl adjacent to an activating group) is 1. The fourth-order valence-electron chi connectivity index (χ4n) is 1.29. The monoisotopic (exact) mass is 382 g/mol. The molecule has 0 saturated heterocycles. The molecular weight excluding hydrogens is 372 g/mol. The first-order valence-electron chi connectivity index (χ1n) is 4.62. The summed E-state index contributed by atoms with van der Waals surface area (Å²) >= 11 is 6.46. The SMILES string of the molecule is C=CCN(C)S(=O)(=O)c1c(N)cc(Br)cc1Br. The molecule has 0 aliphatic heterocycles. The first kappa shape index (κ1) is 14.7. The van der Waals surface area contributed by atoms with Crippen molar-refractivity contribution in [2.24, 2.45) is 0 Å². The Bertz CT molecular complexity index is 520. The minimum absolute atomic E-state index is 0.0741. The van der Waals surface area contributed by atoms with Crippen molar-refractivity contribution in [3.8, 4) is 0 Å². The molecule has 0 heterocycles. The zero-order chi connectivity index (χ0) is 13.2. The molecule has 2 N–H and O–H groups in total. The van der Waals surface area contributed by atoms with Crippen LogP contribution in [0.15, 0.2) is 38.6 Å². The molecule has 0 spiro atoms. The summed E-state index contributed by atoms with van der Waals surface area (Å²) in [7, 11) is -2.13. The molecule has 0 fully saturated rings. The van der Waals surface area contributed by atoms with Crippen molar-refractivity contribution >= 4 is 47.6 Å². The molecule has 0 atom stereocenters. The topological polar surface area (TPSA) is 63.4 Å². The van der Waals surface area contributed by atoms with Gasteiger partial charge in [-0.25, -0.2) is 8.42 Å². The summed E-state index contributed by atoms with van der Waals surface area (Å²) < 4.78 is 26.8. The smallest absolute Gasteiger partial charge is 0.246 e. The van der Waals surface area contributed by atoms with E-state index in [4.69, 9.17) is 5.73 Å². The maximum absolute atomic E-state index is 12.2. The van der Waals surface area contributed by atoms with Crippen LogP contribution in [0.3, 0.4) is 0 Å². The maximum Gasteiger partial charge on any atom is 0.246 e. The number of nitrogen functional groups attached to an aromatic ring is 1. The summed E-state index contributed by atoms with van der Waals surface area (Å²) in [6.07, 6.45) is 1.51. The van der Waals surface area contributed by atoms with E-state index in [1.165, 1.54) is 17.4 Å². The lowest BCUT2D eigenvalue weighted by molar-refractivity contribution is 0.499. The third-order valence-electron chi connectivity index (χ3n) is 2.09. The van der Waals surface area contributed by atoms with Crippen molar-refractivity contribution in [1.29, 1.82) is 0 Å². The van der Waals surface area contributed by atoms with Gasteiger partial charge in [-0.05, 0) is 28.1 Å².